The van der Waals surface area contributed by atoms with Gasteiger partial charge in [0.2, 0.25) is 0 Å². The number of rotatable bonds is 8. The van der Waals surface area contributed by atoms with Crippen molar-refractivity contribution in [2.24, 2.45) is 0 Å². The molecule has 0 radical (unpaired) electrons. The fourth-order valence-corrected chi connectivity index (χ4v) is 1.50. The number of ether oxygens (including phenoxy) is 2. The van der Waals surface area contributed by atoms with Crippen molar-refractivity contribution < 1.29 is 9.47 Å². The van der Waals surface area contributed by atoms with Gasteiger partial charge in [-0.25, -0.2) is 0 Å². The first-order chi connectivity index (χ1) is 8.27. The third-order valence-electron chi connectivity index (χ3n) is 2.61. The van der Waals surface area contributed by atoms with Crippen LogP contribution in [0.5, 0.6) is 11.5 Å². The maximum atomic E-state index is 5.76. The lowest BCUT2D eigenvalue weighted by Crippen LogP contribution is -2.02. The minimum absolute atomic E-state index is 0. The molecule has 0 spiro atoms. The number of benzene rings is 1. The van der Waals surface area contributed by atoms with Crippen LogP contribution in [0.2, 0.25) is 0 Å². The van der Waals surface area contributed by atoms with Crippen molar-refractivity contribution in [2.75, 3.05) is 13.2 Å². The third-order valence-corrected chi connectivity index (χ3v) is 2.61. The zero-order chi connectivity index (χ0) is 12.5. The molecule has 1 rings (SSSR count). The fourth-order valence-electron chi connectivity index (χ4n) is 1.50. The first kappa shape index (κ1) is 16.8. The summed E-state index contributed by atoms with van der Waals surface area (Å²) in [5, 5.41) is 0. The Bertz CT molecular complexity index is 321. The van der Waals surface area contributed by atoms with Crippen molar-refractivity contribution in [1.82, 2.24) is 0 Å². The highest BCUT2D eigenvalue weighted by Gasteiger charge is 2.05. The van der Waals surface area contributed by atoms with E-state index in [2.05, 4.69) is 32.9 Å². The number of aryl methyl sites for hydroxylation is 1. The molecule has 0 aliphatic carbocycles. The number of hydrogen-bond acceptors (Lipinski definition) is 2. The molecular weight excluding hydrogens is 224 g/mol. The second-order valence-corrected chi connectivity index (χ2v) is 4.35. The molecule has 0 atom stereocenters. The van der Waals surface area contributed by atoms with E-state index >= 15 is 0 Å². The quantitative estimate of drug-likeness (QED) is 0.607. The van der Waals surface area contributed by atoms with Crippen LogP contribution >= 0.6 is 0 Å². The summed E-state index contributed by atoms with van der Waals surface area (Å²) < 4.78 is 11.5. The molecule has 0 N–H and O–H groups in total. The third kappa shape index (κ3) is 5.95. The number of hydrogen-bond donors (Lipinski definition) is 0. The molecule has 0 aliphatic rings. The highest BCUT2D eigenvalue weighted by Crippen LogP contribution is 2.28. The second-order valence-electron chi connectivity index (χ2n) is 4.35. The summed E-state index contributed by atoms with van der Waals surface area (Å²) in [5.74, 6) is 1.76. The minimum atomic E-state index is 0. The van der Waals surface area contributed by atoms with Gasteiger partial charge in [-0.2, -0.15) is 0 Å². The maximum absolute atomic E-state index is 5.76. The summed E-state index contributed by atoms with van der Waals surface area (Å²) in [6.45, 7) is 7.94. The summed E-state index contributed by atoms with van der Waals surface area (Å²) in [7, 11) is 0. The Hall–Kier alpha value is -1.18. The molecule has 1 aromatic carbocycles. The predicted octanol–water partition coefficient (Wildman–Crippen LogP) is 4.99. The van der Waals surface area contributed by atoms with Crippen molar-refractivity contribution in [1.29, 1.82) is 0 Å². The van der Waals surface area contributed by atoms with Gasteiger partial charge in [0.1, 0.15) is 0 Å². The van der Waals surface area contributed by atoms with E-state index < -0.39 is 0 Å². The largest absolute Gasteiger partial charge is 0.490 e. The molecule has 0 bridgehead atoms. The summed E-state index contributed by atoms with van der Waals surface area (Å²) >= 11 is 0. The summed E-state index contributed by atoms with van der Waals surface area (Å²) in [6, 6.07) is 6.12. The average molecular weight is 252 g/mol. The summed E-state index contributed by atoms with van der Waals surface area (Å²) in [5.41, 5.74) is 1.21. The average Bonchev–Trinajstić information content (AvgIpc) is 2.32. The Morgan fingerprint density at radius 1 is 0.889 bits per heavy atom. The SMILES string of the molecule is C.CCCCOc1ccc(C)cc1OCCCC. The van der Waals surface area contributed by atoms with Gasteiger partial charge in [0, 0.05) is 0 Å². The van der Waals surface area contributed by atoms with Gasteiger partial charge in [0.15, 0.2) is 11.5 Å². The van der Waals surface area contributed by atoms with Gasteiger partial charge < -0.3 is 9.47 Å². The lowest BCUT2D eigenvalue weighted by Gasteiger charge is -2.13. The maximum Gasteiger partial charge on any atom is 0.161 e. The van der Waals surface area contributed by atoms with Gasteiger partial charge in [0.05, 0.1) is 13.2 Å². The van der Waals surface area contributed by atoms with Gasteiger partial charge in [-0.1, -0.05) is 40.2 Å². The molecule has 0 saturated heterocycles. The molecule has 0 amide bonds. The van der Waals surface area contributed by atoms with Gasteiger partial charge in [0.25, 0.3) is 0 Å². The highest BCUT2D eigenvalue weighted by atomic mass is 16.5. The fraction of sp³-hybridized carbons (Fsp3) is 0.625. The minimum Gasteiger partial charge on any atom is -0.490 e. The van der Waals surface area contributed by atoms with Crippen LogP contribution in [-0.2, 0) is 0 Å². The van der Waals surface area contributed by atoms with Crippen molar-refractivity contribution in [3.63, 3.8) is 0 Å². The van der Waals surface area contributed by atoms with Crippen molar-refractivity contribution >= 4 is 0 Å². The molecule has 1 aromatic rings. The van der Waals surface area contributed by atoms with Crippen LogP contribution < -0.4 is 9.47 Å². The molecule has 2 heteroatoms. The van der Waals surface area contributed by atoms with Gasteiger partial charge in [-0.3, -0.25) is 0 Å². The zero-order valence-electron chi connectivity index (χ0n) is 11.3. The first-order valence-corrected chi connectivity index (χ1v) is 6.64. The van der Waals surface area contributed by atoms with Crippen molar-refractivity contribution in [3.05, 3.63) is 23.8 Å². The van der Waals surface area contributed by atoms with E-state index in [4.69, 9.17) is 9.47 Å². The van der Waals surface area contributed by atoms with E-state index in [1.165, 1.54) is 5.56 Å². The Morgan fingerprint density at radius 3 is 2.00 bits per heavy atom. The van der Waals surface area contributed by atoms with E-state index in [0.717, 1.165) is 50.4 Å². The Kier molecular flexibility index (Phi) is 9.17. The molecule has 2 nitrogen and oxygen atoms in total. The molecular formula is C16H28O2. The summed E-state index contributed by atoms with van der Waals surface area (Å²) in [6.07, 6.45) is 4.47. The molecule has 0 heterocycles. The molecule has 18 heavy (non-hydrogen) atoms. The molecule has 0 aromatic heterocycles. The molecule has 0 unspecified atom stereocenters. The van der Waals surface area contributed by atoms with Gasteiger partial charge in [-0.05, 0) is 37.5 Å². The van der Waals surface area contributed by atoms with E-state index in [9.17, 15) is 0 Å². The van der Waals surface area contributed by atoms with Gasteiger partial charge >= 0.3 is 0 Å². The van der Waals surface area contributed by atoms with Crippen LogP contribution in [0.1, 0.15) is 52.5 Å². The first-order valence-electron chi connectivity index (χ1n) is 6.64. The normalized spacial score (nSPS) is 9.72. The highest BCUT2D eigenvalue weighted by molar-refractivity contribution is 5.42. The van der Waals surface area contributed by atoms with Crippen molar-refractivity contribution in [2.45, 2.75) is 53.9 Å². The van der Waals surface area contributed by atoms with Gasteiger partial charge in [-0.15, -0.1) is 0 Å². The van der Waals surface area contributed by atoms with E-state index in [1.807, 2.05) is 6.07 Å². The van der Waals surface area contributed by atoms with Crippen LogP contribution in [0.15, 0.2) is 18.2 Å². The zero-order valence-corrected chi connectivity index (χ0v) is 11.3. The number of unbranched alkanes of at least 4 members (excludes halogenated alkanes) is 2. The van der Waals surface area contributed by atoms with Crippen LogP contribution in [0.4, 0.5) is 0 Å². The standard InChI is InChI=1S/C15H24O2.CH4/c1-4-6-10-16-14-9-8-13(3)12-15(14)17-11-7-5-2;/h8-9,12H,4-7,10-11H2,1-3H3;1H4. The van der Waals surface area contributed by atoms with Crippen LogP contribution in [0, 0.1) is 6.92 Å². The lowest BCUT2D eigenvalue weighted by molar-refractivity contribution is 0.262. The monoisotopic (exact) mass is 252 g/mol. The Labute approximate surface area is 112 Å². The van der Waals surface area contributed by atoms with Crippen molar-refractivity contribution in [3.8, 4) is 11.5 Å². The molecule has 0 fully saturated rings. The molecule has 104 valence electrons. The van der Waals surface area contributed by atoms with Crippen LogP contribution in [0.3, 0.4) is 0 Å². The Balaban J connectivity index is 0.00000289. The molecule has 0 aliphatic heterocycles. The topological polar surface area (TPSA) is 18.5 Å². The van der Waals surface area contributed by atoms with E-state index in [-0.39, 0.29) is 7.43 Å². The van der Waals surface area contributed by atoms with E-state index in [1.54, 1.807) is 0 Å². The summed E-state index contributed by atoms with van der Waals surface area (Å²) in [4.78, 5) is 0. The smallest absolute Gasteiger partial charge is 0.161 e. The lowest BCUT2D eigenvalue weighted by atomic mass is 10.2. The molecule has 0 saturated carbocycles. The van der Waals surface area contributed by atoms with Crippen LogP contribution in [0.25, 0.3) is 0 Å². The second kappa shape index (κ2) is 9.81. The van der Waals surface area contributed by atoms with E-state index in [0.29, 0.717) is 0 Å². The van der Waals surface area contributed by atoms with Crippen LogP contribution in [-0.4, -0.2) is 13.2 Å². The Morgan fingerprint density at radius 2 is 1.44 bits per heavy atom. The predicted molar refractivity (Wildman–Crippen MR) is 78.7 cm³/mol.